The molecule has 17 heavy (non-hydrogen) atoms. The normalized spacial score (nSPS) is 10.5. The molecule has 0 saturated heterocycles. The van der Waals surface area contributed by atoms with Crippen LogP contribution in [0.4, 0.5) is 0 Å². The molecule has 5 heteroatoms. The van der Waals surface area contributed by atoms with Crippen molar-refractivity contribution in [1.82, 2.24) is 5.48 Å². The molecular weight excluding hydrogens is 242 g/mol. The van der Waals surface area contributed by atoms with E-state index in [1.807, 2.05) is 6.92 Å². The first-order valence-electron chi connectivity index (χ1n) is 5.22. The third kappa shape index (κ3) is 4.46. The summed E-state index contributed by atoms with van der Waals surface area (Å²) in [6.07, 6.45) is 3.66. The highest BCUT2D eigenvalue weighted by molar-refractivity contribution is 6.32. The van der Waals surface area contributed by atoms with Gasteiger partial charge in [-0.2, -0.15) is 0 Å². The van der Waals surface area contributed by atoms with Crippen molar-refractivity contribution in [3.05, 3.63) is 34.9 Å². The lowest BCUT2D eigenvalue weighted by Crippen LogP contribution is -2.14. The topological polar surface area (TPSA) is 58.6 Å². The van der Waals surface area contributed by atoms with Gasteiger partial charge in [0.05, 0.1) is 11.6 Å². The molecule has 1 rings (SSSR count). The minimum Gasteiger partial charge on any atom is -0.492 e. The zero-order valence-corrected chi connectivity index (χ0v) is 10.2. The van der Waals surface area contributed by atoms with Gasteiger partial charge < -0.3 is 4.74 Å². The van der Waals surface area contributed by atoms with Gasteiger partial charge in [-0.05, 0) is 30.2 Å². The molecular formula is C12H14ClNO3. The zero-order chi connectivity index (χ0) is 12.7. The van der Waals surface area contributed by atoms with Gasteiger partial charge in [0.2, 0.25) is 0 Å². The molecule has 1 amide bonds. The van der Waals surface area contributed by atoms with E-state index in [4.69, 9.17) is 21.5 Å². The van der Waals surface area contributed by atoms with E-state index in [0.29, 0.717) is 17.4 Å². The summed E-state index contributed by atoms with van der Waals surface area (Å²) < 4.78 is 5.41. The predicted molar refractivity (Wildman–Crippen MR) is 66.2 cm³/mol. The summed E-state index contributed by atoms with van der Waals surface area (Å²) in [7, 11) is 0. The van der Waals surface area contributed by atoms with Gasteiger partial charge in [-0.15, -0.1) is 0 Å². The molecule has 0 radical (unpaired) electrons. The van der Waals surface area contributed by atoms with Gasteiger partial charge in [-0.3, -0.25) is 10.0 Å². The highest BCUT2D eigenvalue weighted by Gasteiger charge is 2.01. The fourth-order valence-corrected chi connectivity index (χ4v) is 1.40. The van der Waals surface area contributed by atoms with Crippen molar-refractivity contribution in [2.45, 2.75) is 13.3 Å². The quantitative estimate of drug-likeness (QED) is 0.483. The minimum absolute atomic E-state index is 0.491. The van der Waals surface area contributed by atoms with Crippen LogP contribution in [0.25, 0.3) is 6.08 Å². The standard InChI is InChI=1S/C12H14ClNO3/c1-2-7-17-11-5-3-9(8-10(11)13)4-6-12(15)14-16/h3-6,8,16H,2,7H2,1H3,(H,14,15)/b6-4+. The number of hydrogen-bond acceptors (Lipinski definition) is 3. The number of amides is 1. The Labute approximate surface area is 105 Å². The Morgan fingerprint density at radius 2 is 2.35 bits per heavy atom. The molecule has 0 aliphatic carbocycles. The van der Waals surface area contributed by atoms with Gasteiger partial charge in [-0.1, -0.05) is 24.6 Å². The number of hydroxylamine groups is 1. The van der Waals surface area contributed by atoms with Crippen LogP contribution in [0, 0.1) is 0 Å². The van der Waals surface area contributed by atoms with Gasteiger partial charge in [0.1, 0.15) is 5.75 Å². The molecule has 0 fully saturated rings. The monoisotopic (exact) mass is 255 g/mol. The van der Waals surface area contributed by atoms with E-state index in [2.05, 4.69) is 0 Å². The third-order valence-electron chi connectivity index (χ3n) is 1.95. The Morgan fingerprint density at radius 3 is 2.94 bits per heavy atom. The van der Waals surface area contributed by atoms with Crippen LogP contribution in [0.15, 0.2) is 24.3 Å². The highest BCUT2D eigenvalue weighted by atomic mass is 35.5. The van der Waals surface area contributed by atoms with Gasteiger partial charge in [-0.25, -0.2) is 5.48 Å². The summed E-state index contributed by atoms with van der Waals surface area (Å²) in [5, 5.41) is 8.80. The number of rotatable bonds is 5. The number of benzene rings is 1. The molecule has 2 N–H and O–H groups in total. The van der Waals surface area contributed by atoms with E-state index in [1.54, 1.807) is 24.3 Å². The van der Waals surface area contributed by atoms with Gasteiger partial charge in [0.25, 0.3) is 5.91 Å². The Bertz CT molecular complexity index is 418. The van der Waals surface area contributed by atoms with E-state index < -0.39 is 5.91 Å². The fourth-order valence-electron chi connectivity index (χ4n) is 1.16. The molecule has 0 bridgehead atoms. The summed E-state index contributed by atoms with van der Waals surface area (Å²) in [4.78, 5) is 10.8. The molecule has 4 nitrogen and oxygen atoms in total. The Morgan fingerprint density at radius 1 is 1.59 bits per heavy atom. The summed E-state index contributed by atoms with van der Waals surface area (Å²) in [5.41, 5.74) is 2.26. The highest BCUT2D eigenvalue weighted by Crippen LogP contribution is 2.26. The first-order chi connectivity index (χ1) is 8.17. The number of carbonyl (C=O) groups excluding carboxylic acids is 1. The van der Waals surface area contributed by atoms with Gasteiger partial charge in [0.15, 0.2) is 0 Å². The maximum atomic E-state index is 10.8. The van der Waals surface area contributed by atoms with Crippen LogP contribution < -0.4 is 10.2 Å². The van der Waals surface area contributed by atoms with Crippen LogP contribution in [-0.4, -0.2) is 17.7 Å². The molecule has 0 atom stereocenters. The number of hydrogen-bond donors (Lipinski definition) is 2. The van der Waals surface area contributed by atoms with Crippen molar-refractivity contribution in [2.24, 2.45) is 0 Å². The van der Waals surface area contributed by atoms with E-state index in [1.165, 1.54) is 11.6 Å². The molecule has 0 saturated carbocycles. The molecule has 0 heterocycles. The zero-order valence-electron chi connectivity index (χ0n) is 9.44. The largest absolute Gasteiger partial charge is 0.492 e. The molecule has 0 aliphatic rings. The van der Waals surface area contributed by atoms with E-state index >= 15 is 0 Å². The van der Waals surface area contributed by atoms with Crippen molar-refractivity contribution < 1.29 is 14.7 Å². The molecule has 0 aliphatic heterocycles. The molecule has 1 aromatic carbocycles. The van der Waals surface area contributed by atoms with Crippen LogP contribution in [-0.2, 0) is 4.79 Å². The van der Waals surface area contributed by atoms with E-state index in [0.717, 1.165) is 12.0 Å². The van der Waals surface area contributed by atoms with Crippen LogP contribution in [0.2, 0.25) is 5.02 Å². The van der Waals surface area contributed by atoms with Crippen molar-refractivity contribution in [2.75, 3.05) is 6.61 Å². The van der Waals surface area contributed by atoms with Crippen molar-refractivity contribution in [3.8, 4) is 5.75 Å². The first-order valence-corrected chi connectivity index (χ1v) is 5.59. The second kappa shape index (κ2) is 6.93. The summed E-state index contributed by atoms with van der Waals surface area (Å²) in [6, 6.07) is 5.21. The number of ether oxygens (including phenoxy) is 1. The molecule has 0 aromatic heterocycles. The van der Waals surface area contributed by atoms with Crippen molar-refractivity contribution in [3.63, 3.8) is 0 Å². The molecule has 0 spiro atoms. The van der Waals surface area contributed by atoms with E-state index in [9.17, 15) is 4.79 Å². The lowest BCUT2D eigenvalue weighted by molar-refractivity contribution is -0.124. The maximum Gasteiger partial charge on any atom is 0.267 e. The summed E-state index contributed by atoms with van der Waals surface area (Å²) in [5.74, 6) is 0.0321. The average molecular weight is 256 g/mol. The predicted octanol–water partition coefficient (Wildman–Crippen LogP) is 2.65. The van der Waals surface area contributed by atoms with E-state index in [-0.39, 0.29) is 0 Å². The van der Waals surface area contributed by atoms with Crippen molar-refractivity contribution >= 4 is 23.6 Å². The lowest BCUT2D eigenvalue weighted by atomic mass is 10.2. The summed E-state index contributed by atoms with van der Waals surface area (Å²) >= 11 is 6.01. The second-order valence-electron chi connectivity index (χ2n) is 3.35. The fraction of sp³-hybridized carbons (Fsp3) is 0.250. The molecule has 92 valence electrons. The van der Waals surface area contributed by atoms with Gasteiger partial charge in [0, 0.05) is 6.08 Å². The SMILES string of the molecule is CCCOc1ccc(/C=C/C(=O)NO)cc1Cl. The molecule has 1 aromatic rings. The maximum absolute atomic E-state index is 10.8. The first kappa shape index (κ1) is 13.5. The Balaban J connectivity index is 2.74. The Kier molecular flexibility index (Phi) is 5.52. The van der Waals surface area contributed by atoms with Crippen LogP contribution in [0.3, 0.4) is 0 Å². The van der Waals surface area contributed by atoms with Crippen molar-refractivity contribution in [1.29, 1.82) is 0 Å². The van der Waals surface area contributed by atoms with Gasteiger partial charge >= 0.3 is 0 Å². The average Bonchev–Trinajstić information content (AvgIpc) is 2.34. The second-order valence-corrected chi connectivity index (χ2v) is 3.75. The van der Waals surface area contributed by atoms with Crippen LogP contribution >= 0.6 is 11.6 Å². The number of halogens is 1. The molecule has 0 unspecified atom stereocenters. The Hall–Kier alpha value is -1.52. The minimum atomic E-state index is -0.590. The third-order valence-corrected chi connectivity index (χ3v) is 2.25. The summed E-state index contributed by atoms with van der Waals surface area (Å²) in [6.45, 7) is 2.63. The number of nitrogens with one attached hydrogen (secondary N) is 1. The lowest BCUT2D eigenvalue weighted by Gasteiger charge is -2.06. The number of carbonyl (C=O) groups is 1. The van der Waals surface area contributed by atoms with Crippen LogP contribution in [0.1, 0.15) is 18.9 Å². The van der Waals surface area contributed by atoms with Crippen LogP contribution in [0.5, 0.6) is 5.75 Å². The smallest absolute Gasteiger partial charge is 0.267 e.